The Bertz CT molecular complexity index is 1380. The molecular formula is C24H22ClN5O2S. The number of nitrogens with one attached hydrogen (secondary N) is 1. The van der Waals surface area contributed by atoms with Crippen LogP contribution in [0.3, 0.4) is 0 Å². The Hall–Kier alpha value is -3.36. The SMILES string of the molecule is Cc1ccc(-c2c(Cl)nc(-c3ccncc3)nc2NS(=O)(=O)c2ccc(C(C)C)cn2)cc1. The van der Waals surface area contributed by atoms with E-state index in [1.165, 1.54) is 6.07 Å². The lowest BCUT2D eigenvalue weighted by Gasteiger charge is -2.15. The molecule has 0 fully saturated rings. The minimum absolute atomic E-state index is 0.0698. The van der Waals surface area contributed by atoms with Gasteiger partial charge in [-0.2, -0.15) is 8.42 Å². The van der Waals surface area contributed by atoms with Crippen LogP contribution >= 0.6 is 11.6 Å². The molecule has 0 atom stereocenters. The summed E-state index contributed by atoms with van der Waals surface area (Å²) >= 11 is 6.57. The highest BCUT2D eigenvalue weighted by Crippen LogP contribution is 2.35. The van der Waals surface area contributed by atoms with E-state index in [2.05, 4.69) is 24.7 Å². The van der Waals surface area contributed by atoms with E-state index in [4.69, 9.17) is 11.6 Å². The van der Waals surface area contributed by atoms with Crippen LogP contribution in [0.25, 0.3) is 22.5 Å². The minimum atomic E-state index is -4.03. The first kappa shape index (κ1) is 22.8. The fourth-order valence-corrected chi connectivity index (χ4v) is 4.41. The van der Waals surface area contributed by atoms with E-state index >= 15 is 0 Å². The molecule has 7 nitrogen and oxygen atoms in total. The third-order valence-electron chi connectivity index (χ3n) is 5.08. The first-order chi connectivity index (χ1) is 15.7. The van der Waals surface area contributed by atoms with E-state index in [9.17, 15) is 8.42 Å². The van der Waals surface area contributed by atoms with Crippen molar-refractivity contribution in [2.75, 3.05) is 4.72 Å². The molecule has 0 aliphatic rings. The number of benzene rings is 1. The maximum absolute atomic E-state index is 13.2. The van der Waals surface area contributed by atoms with Crippen molar-refractivity contribution in [1.82, 2.24) is 19.9 Å². The first-order valence-electron chi connectivity index (χ1n) is 10.3. The summed E-state index contributed by atoms with van der Waals surface area (Å²) < 4.78 is 29.0. The molecule has 0 bridgehead atoms. The molecule has 1 aromatic carbocycles. The maximum atomic E-state index is 13.2. The lowest BCUT2D eigenvalue weighted by molar-refractivity contribution is 0.597. The maximum Gasteiger partial charge on any atom is 0.280 e. The van der Waals surface area contributed by atoms with Gasteiger partial charge in [-0.15, -0.1) is 0 Å². The van der Waals surface area contributed by atoms with E-state index in [-0.39, 0.29) is 27.7 Å². The van der Waals surface area contributed by atoms with Gasteiger partial charge in [0.05, 0.1) is 5.56 Å². The van der Waals surface area contributed by atoms with Gasteiger partial charge in [-0.3, -0.25) is 9.71 Å². The predicted octanol–water partition coefficient (Wildman–Crippen LogP) is 5.49. The summed E-state index contributed by atoms with van der Waals surface area (Å²) in [5.74, 6) is 0.582. The Morgan fingerprint density at radius 3 is 2.21 bits per heavy atom. The number of sulfonamides is 1. The number of hydrogen-bond donors (Lipinski definition) is 1. The zero-order valence-corrected chi connectivity index (χ0v) is 19.9. The van der Waals surface area contributed by atoms with E-state index in [1.54, 1.807) is 36.8 Å². The Morgan fingerprint density at radius 1 is 0.909 bits per heavy atom. The van der Waals surface area contributed by atoms with E-state index in [1.807, 2.05) is 45.0 Å². The Morgan fingerprint density at radius 2 is 1.61 bits per heavy atom. The molecule has 0 aliphatic heterocycles. The summed E-state index contributed by atoms with van der Waals surface area (Å²) in [5, 5.41) is 0.0171. The zero-order chi connectivity index (χ0) is 23.6. The highest BCUT2D eigenvalue weighted by molar-refractivity contribution is 7.92. The molecule has 0 amide bonds. The number of rotatable bonds is 6. The summed E-state index contributed by atoms with van der Waals surface area (Å²) in [7, 11) is -4.03. The first-order valence-corrected chi connectivity index (χ1v) is 12.1. The molecule has 3 aromatic heterocycles. The highest BCUT2D eigenvalue weighted by atomic mass is 35.5. The summed E-state index contributed by atoms with van der Waals surface area (Å²) in [6.45, 7) is 5.99. The van der Waals surface area contributed by atoms with Crippen LogP contribution in [0.2, 0.25) is 5.15 Å². The lowest BCUT2D eigenvalue weighted by Crippen LogP contribution is -2.17. The van der Waals surface area contributed by atoms with Crippen molar-refractivity contribution in [2.45, 2.75) is 31.7 Å². The molecule has 0 spiro atoms. The Labute approximate surface area is 198 Å². The summed E-state index contributed by atoms with van der Waals surface area (Å²) in [6.07, 6.45) is 4.77. The van der Waals surface area contributed by atoms with Crippen molar-refractivity contribution in [1.29, 1.82) is 0 Å². The van der Waals surface area contributed by atoms with Crippen LogP contribution in [0.15, 0.2) is 72.1 Å². The molecule has 4 rings (SSSR count). The average Bonchev–Trinajstić information content (AvgIpc) is 2.80. The third-order valence-corrected chi connectivity index (χ3v) is 6.60. The molecule has 33 heavy (non-hydrogen) atoms. The standard InChI is InChI=1S/C24H22ClN5O2S/c1-15(2)19-8-9-20(27-14-19)33(31,32)30-24-21(17-6-4-16(3)5-7-17)22(25)28-23(29-24)18-10-12-26-13-11-18/h4-15H,1-3H3,(H,28,29,30). The molecule has 0 saturated carbocycles. The molecule has 0 aliphatic carbocycles. The number of aryl methyl sites for hydroxylation is 1. The number of hydrogen-bond acceptors (Lipinski definition) is 6. The quantitative estimate of drug-likeness (QED) is 0.367. The molecular weight excluding hydrogens is 458 g/mol. The largest absolute Gasteiger partial charge is 0.280 e. The average molecular weight is 480 g/mol. The molecule has 3 heterocycles. The van der Waals surface area contributed by atoms with Crippen molar-refractivity contribution in [3.63, 3.8) is 0 Å². The molecule has 4 aromatic rings. The van der Waals surface area contributed by atoms with E-state index in [0.29, 0.717) is 16.7 Å². The molecule has 0 radical (unpaired) electrons. The van der Waals surface area contributed by atoms with Crippen LogP contribution in [-0.2, 0) is 10.0 Å². The van der Waals surface area contributed by atoms with Crippen molar-refractivity contribution in [3.8, 4) is 22.5 Å². The Kier molecular flexibility index (Phi) is 6.40. The molecule has 9 heteroatoms. The van der Waals surface area contributed by atoms with Gasteiger partial charge in [-0.25, -0.2) is 15.0 Å². The van der Waals surface area contributed by atoms with Crippen LogP contribution in [0.5, 0.6) is 0 Å². The molecule has 0 unspecified atom stereocenters. The second kappa shape index (κ2) is 9.25. The van der Waals surface area contributed by atoms with Crippen molar-refractivity contribution in [2.24, 2.45) is 0 Å². The predicted molar refractivity (Wildman–Crippen MR) is 130 cm³/mol. The van der Waals surface area contributed by atoms with Crippen LogP contribution in [0, 0.1) is 6.92 Å². The van der Waals surface area contributed by atoms with Gasteiger partial charge in [-0.1, -0.05) is 61.3 Å². The monoisotopic (exact) mass is 479 g/mol. The van der Waals surface area contributed by atoms with Crippen LogP contribution in [-0.4, -0.2) is 28.4 Å². The topological polar surface area (TPSA) is 97.7 Å². The molecule has 168 valence electrons. The van der Waals surface area contributed by atoms with Gasteiger partial charge in [-0.05, 0) is 42.2 Å². The number of pyridine rings is 2. The second-order valence-corrected chi connectivity index (χ2v) is 9.84. The highest BCUT2D eigenvalue weighted by Gasteiger charge is 2.23. The van der Waals surface area contributed by atoms with Gasteiger partial charge in [0.15, 0.2) is 16.7 Å². The number of aromatic nitrogens is 4. The van der Waals surface area contributed by atoms with Gasteiger partial charge >= 0.3 is 0 Å². The second-order valence-electron chi connectivity index (χ2n) is 7.85. The summed E-state index contributed by atoms with van der Waals surface area (Å²) in [6, 6.07) is 14.2. The minimum Gasteiger partial charge on any atom is -0.265 e. The molecule has 0 saturated heterocycles. The van der Waals surface area contributed by atoms with Crippen LogP contribution < -0.4 is 4.72 Å². The fraction of sp³-hybridized carbons (Fsp3) is 0.167. The fourth-order valence-electron chi connectivity index (χ4n) is 3.19. The van der Waals surface area contributed by atoms with Crippen LogP contribution in [0.1, 0.15) is 30.9 Å². The Balaban J connectivity index is 1.83. The van der Waals surface area contributed by atoms with Crippen molar-refractivity contribution in [3.05, 3.63) is 83.4 Å². The van der Waals surface area contributed by atoms with Crippen molar-refractivity contribution < 1.29 is 8.42 Å². The lowest BCUT2D eigenvalue weighted by atomic mass is 10.1. The summed E-state index contributed by atoms with van der Waals surface area (Å²) in [4.78, 5) is 17.1. The number of anilines is 1. The number of halogens is 1. The van der Waals surface area contributed by atoms with Crippen LogP contribution in [0.4, 0.5) is 5.82 Å². The van der Waals surface area contributed by atoms with Gasteiger partial charge in [0.1, 0.15) is 5.15 Å². The van der Waals surface area contributed by atoms with Gasteiger partial charge < -0.3 is 0 Å². The van der Waals surface area contributed by atoms with Gasteiger partial charge in [0.2, 0.25) is 0 Å². The molecule has 1 N–H and O–H groups in total. The van der Waals surface area contributed by atoms with E-state index < -0.39 is 10.0 Å². The van der Waals surface area contributed by atoms with Gasteiger partial charge in [0.25, 0.3) is 10.0 Å². The smallest absolute Gasteiger partial charge is 0.265 e. The van der Waals surface area contributed by atoms with E-state index in [0.717, 1.165) is 11.1 Å². The third kappa shape index (κ3) is 5.02. The zero-order valence-electron chi connectivity index (χ0n) is 18.3. The number of nitrogens with zero attached hydrogens (tertiary/aromatic N) is 4. The van der Waals surface area contributed by atoms with Gasteiger partial charge in [0, 0.05) is 24.2 Å². The van der Waals surface area contributed by atoms with Crippen molar-refractivity contribution >= 4 is 27.4 Å². The summed E-state index contributed by atoms with van der Waals surface area (Å²) in [5.41, 5.74) is 3.73. The normalized spacial score (nSPS) is 11.5.